The highest BCUT2D eigenvalue weighted by Crippen LogP contribution is 2.14. The van der Waals surface area contributed by atoms with Crippen molar-refractivity contribution in [1.29, 1.82) is 0 Å². The van der Waals surface area contributed by atoms with E-state index in [1.807, 2.05) is 6.08 Å². The van der Waals surface area contributed by atoms with E-state index in [4.69, 9.17) is 5.11 Å². The number of allylic oxidation sites excluding steroid dienone is 3. The molecule has 1 nitrogen and oxygen atoms in total. The van der Waals surface area contributed by atoms with Gasteiger partial charge in [-0.2, -0.15) is 0 Å². The van der Waals surface area contributed by atoms with Crippen LogP contribution in [0.15, 0.2) is 23.3 Å². The largest absolute Gasteiger partial charge is 0.392 e. The second-order valence-corrected chi connectivity index (χ2v) is 3.99. The highest BCUT2D eigenvalue weighted by atomic mass is 16.2. The van der Waals surface area contributed by atoms with Gasteiger partial charge in [0.1, 0.15) is 0 Å². The summed E-state index contributed by atoms with van der Waals surface area (Å²) in [4.78, 5) is 0. The van der Waals surface area contributed by atoms with E-state index in [9.17, 15) is 0 Å². The summed E-state index contributed by atoms with van der Waals surface area (Å²) in [5.74, 6) is 0. The third-order valence-corrected chi connectivity index (χ3v) is 2.25. The Balaban J connectivity index is 3.91. The molecule has 0 radical (unpaired) electrons. The molecule has 0 amide bonds. The Bertz CT molecular complexity index is 185. The molecule has 0 aromatic heterocycles. The van der Waals surface area contributed by atoms with Gasteiger partial charge in [0.05, 0.1) is 6.61 Å². The number of hydrogen-bond acceptors (Lipinski definition) is 1. The van der Waals surface area contributed by atoms with Crippen molar-refractivity contribution >= 4 is 0 Å². The van der Waals surface area contributed by atoms with Crippen molar-refractivity contribution < 1.29 is 5.11 Å². The minimum atomic E-state index is 0.179. The normalized spacial score (nSPS) is 11.6. The molecule has 0 heterocycles. The van der Waals surface area contributed by atoms with Crippen LogP contribution in [0.1, 0.15) is 52.9 Å². The molecule has 1 heteroatoms. The fourth-order valence-corrected chi connectivity index (χ4v) is 1.35. The fourth-order valence-electron chi connectivity index (χ4n) is 1.35. The Hall–Kier alpha value is -0.560. The maximum atomic E-state index is 8.86. The summed E-state index contributed by atoms with van der Waals surface area (Å²) in [6.07, 6.45) is 10.1. The summed E-state index contributed by atoms with van der Waals surface area (Å²) in [6.45, 7) is 6.62. The summed E-state index contributed by atoms with van der Waals surface area (Å²) >= 11 is 0. The average Bonchev–Trinajstić information content (AvgIpc) is 2.14. The van der Waals surface area contributed by atoms with Gasteiger partial charge in [0.15, 0.2) is 0 Å². The van der Waals surface area contributed by atoms with Gasteiger partial charge in [-0.1, -0.05) is 43.1 Å². The average molecular weight is 196 g/mol. The van der Waals surface area contributed by atoms with E-state index in [0.717, 1.165) is 12.8 Å². The molecule has 0 saturated heterocycles. The molecule has 0 aromatic carbocycles. The molecule has 0 aliphatic carbocycles. The van der Waals surface area contributed by atoms with Crippen LogP contribution in [0, 0.1) is 0 Å². The zero-order valence-corrected chi connectivity index (χ0v) is 9.84. The first-order chi connectivity index (χ1) is 6.70. The Kier molecular flexibility index (Phi) is 8.65. The highest BCUT2D eigenvalue weighted by molar-refractivity contribution is 5.10. The van der Waals surface area contributed by atoms with Crippen LogP contribution in [0.4, 0.5) is 0 Å². The zero-order chi connectivity index (χ0) is 10.8. The van der Waals surface area contributed by atoms with Gasteiger partial charge in [-0.15, -0.1) is 0 Å². The zero-order valence-electron chi connectivity index (χ0n) is 9.84. The van der Waals surface area contributed by atoms with Gasteiger partial charge >= 0.3 is 0 Å². The van der Waals surface area contributed by atoms with E-state index in [2.05, 4.69) is 26.8 Å². The fraction of sp³-hybridized carbons (Fsp3) is 0.692. The molecular formula is C13H24O. The Morgan fingerprint density at radius 2 is 1.86 bits per heavy atom. The van der Waals surface area contributed by atoms with Crippen LogP contribution in [0.2, 0.25) is 0 Å². The van der Waals surface area contributed by atoms with E-state index in [-0.39, 0.29) is 6.61 Å². The smallest absolute Gasteiger partial charge is 0.0615 e. The van der Waals surface area contributed by atoms with Gasteiger partial charge in [-0.25, -0.2) is 0 Å². The molecule has 0 saturated carbocycles. The molecule has 0 spiro atoms. The van der Waals surface area contributed by atoms with Gasteiger partial charge in [-0.05, 0) is 33.1 Å². The van der Waals surface area contributed by atoms with Gasteiger partial charge < -0.3 is 5.11 Å². The van der Waals surface area contributed by atoms with Gasteiger partial charge in [0.25, 0.3) is 0 Å². The number of rotatable bonds is 7. The summed E-state index contributed by atoms with van der Waals surface area (Å²) in [6, 6.07) is 0. The van der Waals surface area contributed by atoms with Crippen molar-refractivity contribution in [2.24, 2.45) is 0 Å². The van der Waals surface area contributed by atoms with Crippen LogP contribution in [-0.4, -0.2) is 11.7 Å². The predicted molar refractivity (Wildman–Crippen MR) is 63.4 cm³/mol. The summed E-state index contributed by atoms with van der Waals surface area (Å²) in [5, 5.41) is 8.86. The van der Waals surface area contributed by atoms with Crippen LogP contribution >= 0.6 is 0 Å². The van der Waals surface area contributed by atoms with Gasteiger partial charge in [0.2, 0.25) is 0 Å². The first-order valence-electron chi connectivity index (χ1n) is 5.62. The Morgan fingerprint density at radius 3 is 2.36 bits per heavy atom. The first kappa shape index (κ1) is 13.4. The van der Waals surface area contributed by atoms with Crippen molar-refractivity contribution in [3.8, 4) is 0 Å². The first-order valence-corrected chi connectivity index (χ1v) is 5.62. The number of unbranched alkanes of at least 4 members (excludes halogenated alkanes) is 2. The minimum absolute atomic E-state index is 0.179. The molecule has 1 N–H and O–H groups in total. The van der Waals surface area contributed by atoms with Crippen LogP contribution in [0.25, 0.3) is 0 Å². The number of hydrogen-bond donors (Lipinski definition) is 1. The second-order valence-electron chi connectivity index (χ2n) is 3.99. The predicted octanol–water partition coefficient (Wildman–Crippen LogP) is 3.84. The Labute approximate surface area is 88.5 Å². The van der Waals surface area contributed by atoms with Crippen LogP contribution in [0.3, 0.4) is 0 Å². The highest BCUT2D eigenvalue weighted by Gasteiger charge is 1.95. The molecule has 0 aliphatic rings. The third-order valence-electron chi connectivity index (χ3n) is 2.25. The summed E-state index contributed by atoms with van der Waals surface area (Å²) in [7, 11) is 0. The molecule has 0 aliphatic heterocycles. The molecule has 0 bridgehead atoms. The van der Waals surface area contributed by atoms with Crippen LogP contribution < -0.4 is 0 Å². The van der Waals surface area contributed by atoms with Crippen LogP contribution in [-0.2, 0) is 0 Å². The third kappa shape index (κ3) is 8.06. The van der Waals surface area contributed by atoms with Crippen molar-refractivity contribution in [3.63, 3.8) is 0 Å². The maximum Gasteiger partial charge on any atom is 0.0615 e. The maximum absolute atomic E-state index is 8.86. The Morgan fingerprint density at radius 1 is 1.14 bits per heavy atom. The molecule has 0 atom stereocenters. The molecular weight excluding hydrogens is 172 g/mol. The number of aliphatic hydroxyl groups excluding tert-OH is 1. The lowest BCUT2D eigenvalue weighted by molar-refractivity contribution is 0.341. The van der Waals surface area contributed by atoms with Gasteiger partial charge in [0, 0.05) is 0 Å². The quantitative estimate of drug-likeness (QED) is 0.484. The van der Waals surface area contributed by atoms with Crippen molar-refractivity contribution in [1.82, 2.24) is 0 Å². The summed E-state index contributed by atoms with van der Waals surface area (Å²) in [5.41, 5.74) is 2.73. The van der Waals surface area contributed by atoms with E-state index >= 15 is 0 Å². The van der Waals surface area contributed by atoms with Crippen LogP contribution in [0.5, 0.6) is 0 Å². The molecule has 14 heavy (non-hydrogen) atoms. The lowest BCUT2D eigenvalue weighted by Gasteiger charge is -2.04. The molecule has 0 unspecified atom stereocenters. The molecule has 0 aromatic rings. The van der Waals surface area contributed by atoms with Crippen molar-refractivity contribution in [2.45, 2.75) is 52.9 Å². The van der Waals surface area contributed by atoms with E-state index < -0.39 is 0 Å². The number of aliphatic hydroxyl groups is 1. The molecule has 82 valence electrons. The van der Waals surface area contributed by atoms with Gasteiger partial charge in [-0.3, -0.25) is 0 Å². The topological polar surface area (TPSA) is 20.2 Å². The van der Waals surface area contributed by atoms with E-state index in [0.29, 0.717) is 0 Å². The van der Waals surface area contributed by atoms with Crippen molar-refractivity contribution in [2.75, 3.05) is 6.61 Å². The minimum Gasteiger partial charge on any atom is -0.392 e. The molecule has 0 fully saturated rings. The lowest BCUT2D eigenvalue weighted by atomic mass is 10.0. The second kappa shape index (κ2) is 9.01. The lowest BCUT2D eigenvalue weighted by Crippen LogP contribution is -1.87. The monoisotopic (exact) mass is 196 g/mol. The van der Waals surface area contributed by atoms with Crippen molar-refractivity contribution in [3.05, 3.63) is 23.3 Å². The summed E-state index contributed by atoms with van der Waals surface area (Å²) < 4.78 is 0. The van der Waals surface area contributed by atoms with E-state index in [1.54, 1.807) is 0 Å². The van der Waals surface area contributed by atoms with E-state index in [1.165, 1.54) is 30.4 Å². The SMILES string of the molecule is CCCCC/C(=C/CO)CC=C(C)C. The standard InChI is InChI=1S/C13H24O/c1-4-5-6-7-13(10-11-14)9-8-12(2)3/h8,10,14H,4-7,9,11H2,1-3H3/b13-10-. The molecule has 0 rings (SSSR count).